The minimum Gasteiger partial charge on any atom is -0.399 e. The Morgan fingerprint density at radius 3 is 2.52 bits per heavy atom. The number of hydrogen-bond donors (Lipinski definition) is 3. The number of benzene rings is 2. The molecule has 5 N–H and O–H groups in total. The van der Waals surface area contributed by atoms with Crippen LogP contribution < -0.4 is 16.2 Å². The van der Waals surface area contributed by atoms with E-state index in [1.54, 1.807) is 31.2 Å². The Labute approximate surface area is 122 Å². The van der Waals surface area contributed by atoms with Gasteiger partial charge in [0.2, 0.25) is 10.0 Å². The summed E-state index contributed by atoms with van der Waals surface area (Å²) in [6, 6.07) is 9.22. The first-order chi connectivity index (χ1) is 9.79. The molecule has 0 aromatic heterocycles. The SMILES string of the molecule is Cc1c(NCc2ccccc2F)cc(N)cc1S(N)(=O)=O. The molecule has 0 heterocycles. The van der Waals surface area contributed by atoms with Gasteiger partial charge in [0.1, 0.15) is 5.82 Å². The first kappa shape index (κ1) is 15.3. The Kier molecular flexibility index (Phi) is 4.15. The molecule has 5 nitrogen and oxygen atoms in total. The van der Waals surface area contributed by atoms with Crippen LogP contribution in [0.2, 0.25) is 0 Å². The second-order valence-electron chi connectivity index (χ2n) is 4.68. The quantitative estimate of drug-likeness (QED) is 0.752. The molecule has 2 aromatic rings. The van der Waals surface area contributed by atoms with Gasteiger partial charge in [-0.1, -0.05) is 18.2 Å². The number of halogens is 1. The van der Waals surface area contributed by atoms with Gasteiger partial charge in [0.25, 0.3) is 0 Å². The molecule has 0 atom stereocenters. The van der Waals surface area contributed by atoms with Gasteiger partial charge in [0.05, 0.1) is 4.90 Å². The van der Waals surface area contributed by atoms with Crippen molar-refractivity contribution in [2.45, 2.75) is 18.4 Å². The lowest BCUT2D eigenvalue weighted by atomic mass is 10.1. The van der Waals surface area contributed by atoms with Crippen molar-refractivity contribution in [1.82, 2.24) is 0 Å². The maximum absolute atomic E-state index is 13.6. The highest BCUT2D eigenvalue weighted by molar-refractivity contribution is 7.89. The van der Waals surface area contributed by atoms with Crippen LogP contribution in [-0.2, 0) is 16.6 Å². The van der Waals surface area contributed by atoms with Crippen molar-refractivity contribution in [2.75, 3.05) is 11.1 Å². The van der Waals surface area contributed by atoms with E-state index in [0.717, 1.165) is 0 Å². The Balaban J connectivity index is 2.33. The van der Waals surface area contributed by atoms with Crippen LogP contribution in [-0.4, -0.2) is 8.42 Å². The molecule has 0 fully saturated rings. The predicted molar refractivity (Wildman–Crippen MR) is 80.7 cm³/mol. The van der Waals surface area contributed by atoms with Crippen molar-refractivity contribution < 1.29 is 12.8 Å². The normalized spacial score (nSPS) is 11.4. The van der Waals surface area contributed by atoms with Gasteiger partial charge < -0.3 is 11.1 Å². The standard InChI is InChI=1S/C14H16FN3O2S/c1-9-13(6-11(16)7-14(9)21(17,19)20)18-8-10-4-2-3-5-12(10)15/h2-7,18H,8,16H2,1H3,(H2,17,19,20). The largest absolute Gasteiger partial charge is 0.399 e. The van der Waals surface area contributed by atoms with Crippen LogP contribution in [0, 0.1) is 12.7 Å². The van der Waals surface area contributed by atoms with Gasteiger partial charge in [-0.25, -0.2) is 17.9 Å². The second kappa shape index (κ2) is 5.71. The first-order valence-corrected chi connectivity index (χ1v) is 7.74. The van der Waals surface area contributed by atoms with Gasteiger partial charge >= 0.3 is 0 Å². The molecule has 7 heteroatoms. The number of anilines is 2. The molecule has 0 bridgehead atoms. The summed E-state index contributed by atoms with van der Waals surface area (Å²) >= 11 is 0. The second-order valence-corrected chi connectivity index (χ2v) is 6.21. The maximum atomic E-state index is 13.6. The molecular formula is C14H16FN3O2S. The number of nitrogens with two attached hydrogens (primary N) is 2. The summed E-state index contributed by atoms with van der Waals surface area (Å²) < 4.78 is 36.6. The van der Waals surface area contributed by atoms with E-state index in [-0.39, 0.29) is 22.9 Å². The third-order valence-electron chi connectivity index (χ3n) is 3.12. The third kappa shape index (κ3) is 3.50. The number of nitrogen functional groups attached to an aromatic ring is 1. The van der Waals surface area contributed by atoms with E-state index in [1.807, 2.05) is 0 Å². The minimum atomic E-state index is -3.86. The summed E-state index contributed by atoms with van der Waals surface area (Å²) in [6.45, 7) is 1.82. The Hall–Kier alpha value is -2.12. The molecule has 0 saturated carbocycles. The fourth-order valence-corrected chi connectivity index (χ4v) is 2.86. The molecule has 0 saturated heterocycles. The lowest BCUT2D eigenvalue weighted by Crippen LogP contribution is -2.15. The Morgan fingerprint density at radius 1 is 1.24 bits per heavy atom. The van der Waals surface area contributed by atoms with Crippen LogP contribution >= 0.6 is 0 Å². The van der Waals surface area contributed by atoms with E-state index in [4.69, 9.17) is 10.9 Å². The Morgan fingerprint density at radius 2 is 1.90 bits per heavy atom. The summed E-state index contributed by atoms with van der Waals surface area (Å²) in [6.07, 6.45) is 0. The molecule has 0 aliphatic carbocycles. The fraction of sp³-hybridized carbons (Fsp3) is 0.143. The molecule has 21 heavy (non-hydrogen) atoms. The zero-order chi connectivity index (χ0) is 15.6. The first-order valence-electron chi connectivity index (χ1n) is 6.19. The van der Waals surface area contributed by atoms with Crippen molar-refractivity contribution >= 4 is 21.4 Å². The fourth-order valence-electron chi connectivity index (χ4n) is 2.02. The van der Waals surface area contributed by atoms with Gasteiger partial charge in [-0.3, -0.25) is 0 Å². The molecule has 0 radical (unpaired) electrons. The van der Waals surface area contributed by atoms with Gasteiger partial charge in [-0.15, -0.1) is 0 Å². The topological polar surface area (TPSA) is 98.2 Å². The van der Waals surface area contributed by atoms with Gasteiger partial charge in [0, 0.05) is 23.5 Å². The molecule has 0 aliphatic heterocycles. The highest BCUT2D eigenvalue weighted by Gasteiger charge is 2.15. The van der Waals surface area contributed by atoms with Crippen LogP contribution in [0.25, 0.3) is 0 Å². The van der Waals surface area contributed by atoms with E-state index in [2.05, 4.69) is 5.32 Å². The molecule has 2 aromatic carbocycles. The van der Waals surface area contributed by atoms with Crippen LogP contribution in [0.3, 0.4) is 0 Å². The smallest absolute Gasteiger partial charge is 0.238 e. The lowest BCUT2D eigenvalue weighted by Gasteiger charge is -2.14. The van der Waals surface area contributed by atoms with Crippen LogP contribution in [0.4, 0.5) is 15.8 Å². The molecule has 0 amide bonds. The van der Waals surface area contributed by atoms with Gasteiger partial charge in [-0.2, -0.15) is 0 Å². The van der Waals surface area contributed by atoms with E-state index < -0.39 is 10.0 Å². The van der Waals surface area contributed by atoms with E-state index in [1.165, 1.54) is 12.1 Å². The van der Waals surface area contributed by atoms with Gasteiger partial charge in [0.15, 0.2) is 0 Å². The molecular weight excluding hydrogens is 293 g/mol. The summed E-state index contributed by atoms with van der Waals surface area (Å²) in [5.74, 6) is -0.335. The van der Waals surface area contributed by atoms with Crippen molar-refractivity contribution in [3.8, 4) is 0 Å². The number of rotatable bonds is 4. The average Bonchev–Trinajstić information content (AvgIpc) is 2.39. The summed E-state index contributed by atoms with van der Waals surface area (Å²) in [7, 11) is -3.86. The summed E-state index contributed by atoms with van der Waals surface area (Å²) in [5, 5.41) is 8.14. The number of hydrogen-bond acceptors (Lipinski definition) is 4. The van der Waals surface area contributed by atoms with Crippen molar-refractivity contribution in [1.29, 1.82) is 0 Å². The summed E-state index contributed by atoms with van der Waals surface area (Å²) in [4.78, 5) is -0.0430. The van der Waals surface area contributed by atoms with Crippen LogP contribution in [0.5, 0.6) is 0 Å². The molecule has 112 valence electrons. The number of sulfonamides is 1. The Bertz CT molecular complexity index is 776. The average molecular weight is 309 g/mol. The number of nitrogens with one attached hydrogen (secondary N) is 1. The van der Waals surface area contributed by atoms with Crippen LogP contribution in [0.1, 0.15) is 11.1 Å². The third-order valence-corrected chi connectivity index (χ3v) is 4.15. The van der Waals surface area contributed by atoms with Crippen molar-refractivity contribution in [2.24, 2.45) is 5.14 Å². The van der Waals surface area contributed by atoms with E-state index in [9.17, 15) is 12.8 Å². The van der Waals surface area contributed by atoms with Crippen molar-refractivity contribution in [3.63, 3.8) is 0 Å². The predicted octanol–water partition coefficient (Wildman–Crippen LogP) is 1.98. The minimum absolute atomic E-state index is 0.0430. The molecule has 2 rings (SSSR count). The highest BCUT2D eigenvalue weighted by Crippen LogP contribution is 2.26. The van der Waals surface area contributed by atoms with Gasteiger partial charge in [-0.05, 0) is 30.7 Å². The van der Waals surface area contributed by atoms with E-state index >= 15 is 0 Å². The lowest BCUT2D eigenvalue weighted by molar-refractivity contribution is 0.597. The number of primary sulfonamides is 1. The van der Waals surface area contributed by atoms with Crippen molar-refractivity contribution in [3.05, 3.63) is 53.3 Å². The zero-order valence-electron chi connectivity index (χ0n) is 11.4. The molecule has 0 spiro atoms. The van der Waals surface area contributed by atoms with E-state index in [0.29, 0.717) is 16.8 Å². The van der Waals surface area contributed by atoms with Crippen LogP contribution in [0.15, 0.2) is 41.3 Å². The highest BCUT2D eigenvalue weighted by atomic mass is 32.2. The summed E-state index contributed by atoms with van der Waals surface area (Å²) in [5.41, 5.74) is 7.37. The molecule has 0 aliphatic rings. The maximum Gasteiger partial charge on any atom is 0.238 e. The monoisotopic (exact) mass is 309 g/mol. The zero-order valence-corrected chi connectivity index (χ0v) is 12.2. The molecule has 0 unspecified atom stereocenters.